The van der Waals surface area contributed by atoms with Gasteiger partial charge in [0.05, 0.1) is 6.04 Å². The highest BCUT2D eigenvalue weighted by Gasteiger charge is 2.26. The van der Waals surface area contributed by atoms with Crippen molar-refractivity contribution in [1.29, 1.82) is 0 Å². The molecule has 0 aromatic heterocycles. The molecule has 1 atom stereocenters. The van der Waals surface area contributed by atoms with Crippen LogP contribution in [0, 0.1) is 19.8 Å². The lowest BCUT2D eigenvalue weighted by Crippen LogP contribution is -2.54. The molecule has 134 valence electrons. The molecule has 0 aliphatic carbocycles. The van der Waals surface area contributed by atoms with E-state index in [4.69, 9.17) is 5.73 Å². The number of benzene rings is 1. The van der Waals surface area contributed by atoms with Gasteiger partial charge in [0.2, 0.25) is 5.91 Å². The number of piperazine rings is 1. The minimum Gasteiger partial charge on any atom is -0.508 e. The molecule has 1 saturated heterocycles. The minimum absolute atomic E-state index is 0.0334. The van der Waals surface area contributed by atoms with E-state index < -0.39 is 6.04 Å². The van der Waals surface area contributed by atoms with Crippen LogP contribution in [0.25, 0.3) is 0 Å². The maximum Gasteiger partial charge on any atom is 0.239 e. The number of amides is 1. The van der Waals surface area contributed by atoms with E-state index in [0.29, 0.717) is 12.3 Å². The van der Waals surface area contributed by atoms with E-state index in [2.05, 4.69) is 18.7 Å². The fourth-order valence-electron chi connectivity index (χ4n) is 3.50. The van der Waals surface area contributed by atoms with Gasteiger partial charge >= 0.3 is 0 Å². The summed E-state index contributed by atoms with van der Waals surface area (Å²) in [5.74, 6) is 0.941. The van der Waals surface area contributed by atoms with E-state index in [1.165, 1.54) is 0 Å². The van der Waals surface area contributed by atoms with Crippen LogP contribution in [0.1, 0.15) is 30.5 Å². The highest BCUT2D eigenvalue weighted by atomic mass is 16.3. The third-order valence-electron chi connectivity index (χ3n) is 4.73. The van der Waals surface area contributed by atoms with Crippen LogP contribution in [0.2, 0.25) is 0 Å². The summed E-state index contributed by atoms with van der Waals surface area (Å²) in [5.41, 5.74) is 9.23. The molecule has 1 aliphatic rings. The lowest BCUT2D eigenvalue weighted by atomic mass is 9.95. The van der Waals surface area contributed by atoms with Crippen LogP contribution in [-0.4, -0.2) is 59.6 Å². The first-order valence-electron chi connectivity index (χ1n) is 8.83. The van der Waals surface area contributed by atoms with Crippen LogP contribution in [0.15, 0.2) is 12.1 Å². The molecule has 1 aliphatic heterocycles. The molecule has 2 rings (SSSR count). The predicted molar refractivity (Wildman–Crippen MR) is 97.1 cm³/mol. The van der Waals surface area contributed by atoms with Crippen LogP contribution in [-0.2, 0) is 11.2 Å². The maximum absolute atomic E-state index is 12.7. The molecule has 0 radical (unpaired) electrons. The Labute approximate surface area is 145 Å². The Bertz CT molecular complexity index is 555. The summed E-state index contributed by atoms with van der Waals surface area (Å²) in [6.45, 7) is 12.8. The molecule has 3 N–H and O–H groups in total. The SMILES string of the molecule is Cc1cc(O)cc(C)c1C[C@H](N)C(=O)N1CCN(CC(C)C)CC1. The van der Waals surface area contributed by atoms with Crippen molar-refractivity contribution in [3.63, 3.8) is 0 Å². The summed E-state index contributed by atoms with van der Waals surface area (Å²) in [4.78, 5) is 17.0. The van der Waals surface area contributed by atoms with Crippen molar-refractivity contribution in [1.82, 2.24) is 9.80 Å². The van der Waals surface area contributed by atoms with Crippen molar-refractivity contribution in [2.75, 3.05) is 32.7 Å². The Morgan fingerprint density at radius 2 is 1.71 bits per heavy atom. The lowest BCUT2D eigenvalue weighted by Gasteiger charge is -2.36. The molecular weight excluding hydrogens is 302 g/mol. The van der Waals surface area contributed by atoms with Gasteiger partial charge in [0, 0.05) is 32.7 Å². The first kappa shape index (κ1) is 18.7. The predicted octanol–water partition coefficient (Wildman–Crippen LogP) is 1.68. The van der Waals surface area contributed by atoms with Crippen molar-refractivity contribution in [2.45, 2.75) is 40.2 Å². The second-order valence-corrected chi connectivity index (χ2v) is 7.39. The molecule has 1 aromatic rings. The van der Waals surface area contributed by atoms with Crippen LogP contribution >= 0.6 is 0 Å². The van der Waals surface area contributed by atoms with Crippen molar-refractivity contribution in [2.24, 2.45) is 11.7 Å². The van der Waals surface area contributed by atoms with Gasteiger partial charge in [-0.05, 0) is 55.0 Å². The van der Waals surface area contributed by atoms with Gasteiger partial charge in [-0.2, -0.15) is 0 Å². The van der Waals surface area contributed by atoms with E-state index in [0.717, 1.165) is 49.4 Å². The van der Waals surface area contributed by atoms with Gasteiger partial charge in [-0.3, -0.25) is 9.69 Å². The zero-order chi connectivity index (χ0) is 17.9. The molecule has 0 spiro atoms. The molecule has 1 heterocycles. The summed E-state index contributed by atoms with van der Waals surface area (Å²) in [6.07, 6.45) is 0.517. The number of phenols is 1. The van der Waals surface area contributed by atoms with E-state index in [-0.39, 0.29) is 11.7 Å². The third-order valence-corrected chi connectivity index (χ3v) is 4.73. The maximum atomic E-state index is 12.7. The topological polar surface area (TPSA) is 69.8 Å². The molecule has 1 fully saturated rings. The largest absolute Gasteiger partial charge is 0.508 e. The number of rotatable bonds is 5. The molecule has 0 bridgehead atoms. The molecule has 0 saturated carbocycles. The Morgan fingerprint density at radius 1 is 1.17 bits per heavy atom. The Hall–Kier alpha value is -1.59. The normalized spacial score (nSPS) is 17.3. The summed E-state index contributed by atoms with van der Waals surface area (Å²) in [5, 5.41) is 9.64. The van der Waals surface area contributed by atoms with E-state index >= 15 is 0 Å². The van der Waals surface area contributed by atoms with Crippen LogP contribution in [0.4, 0.5) is 0 Å². The summed E-state index contributed by atoms with van der Waals surface area (Å²) in [7, 11) is 0. The quantitative estimate of drug-likeness (QED) is 0.860. The second kappa shape index (κ2) is 7.99. The van der Waals surface area contributed by atoms with E-state index in [9.17, 15) is 9.90 Å². The minimum atomic E-state index is -0.524. The number of aromatic hydroxyl groups is 1. The number of phenolic OH excluding ortho intramolecular Hbond substituents is 1. The summed E-state index contributed by atoms with van der Waals surface area (Å²) >= 11 is 0. The number of aryl methyl sites for hydroxylation is 2. The van der Waals surface area contributed by atoms with Crippen LogP contribution in [0.5, 0.6) is 5.75 Å². The zero-order valence-electron chi connectivity index (χ0n) is 15.4. The Kier molecular flexibility index (Phi) is 6.24. The molecule has 0 unspecified atom stereocenters. The number of nitrogens with two attached hydrogens (primary N) is 1. The first-order valence-corrected chi connectivity index (χ1v) is 8.83. The molecule has 24 heavy (non-hydrogen) atoms. The second-order valence-electron chi connectivity index (χ2n) is 7.39. The third kappa shape index (κ3) is 4.71. The van der Waals surface area contributed by atoms with Crippen LogP contribution in [0.3, 0.4) is 0 Å². The van der Waals surface area contributed by atoms with Gasteiger partial charge in [-0.1, -0.05) is 13.8 Å². The van der Waals surface area contributed by atoms with Gasteiger partial charge in [-0.25, -0.2) is 0 Å². The van der Waals surface area contributed by atoms with E-state index in [1.807, 2.05) is 18.7 Å². The standard InChI is InChI=1S/C19H31N3O2/c1-13(2)12-21-5-7-22(8-6-21)19(24)18(20)11-17-14(3)9-16(23)10-15(17)4/h9-10,13,18,23H,5-8,11-12,20H2,1-4H3/t18-/m0/s1. The van der Waals surface area contributed by atoms with Crippen LogP contribution < -0.4 is 5.73 Å². The fourth-order valence-corrected chi connectivity index (χ4v) is 3.50. The van der Waals surface area contributed by atoms with Gasteiger partial charge in [-0.15, -0.1) is 0 Å². The number of hydrogen-bond donors (Lipinski definition) is 2. The molecule has 1 amide bonds. The summed E-state index contributed by atoms with van der Waals surface area (Å²) in [6, 6.07) is 2.93. The van der Waals surface area contributed by atoms with Crippen molar-refractivity contribution < 1.29 is 9.90 Å². The van der Waals surface area contributed by atoms with E-state index in [1.54, 1.807) is 12.1 Å². The number of carbonyl (C=O) groups is 1. The average molecular weight is 333 g/mol. The zero-order valence-corrected chi connectivity index (χ0v) is 15.4. The number of carbonyl (C=O) groups excluding carboxylic acids is 1. The highest BCUT2D eigenvalue weighted by molar-refractivity contribution is 5.82. The smallest absolute Gasteiger partial charge is 0.239 e. The summed E-state index contributed by atoms with van der Waals surface area (Å²) < 4.78 is 0. The Morgan fingerprint density at radius 3 is 2.21 bits per heavy atom. The van der Waals surface area contributed by atoms with Crippen molar-refractivity contribution in [3.8, 4) is 5.75 Å². The first-order chi connectivity index (χ1) is 11.3. The monoisotopic (exact) mass is 333 g/mol. The van der Waals surface area contributed by atoms with Gasteiger partial charge < -0.3 is 15.7 Å². The molecule has 5 nitrogen and oxygen atoms in total. The highest BCUT2D eigenvalue weighted by Crippen LogP contribution is 2.22. The van der Waals surface area contributed by atoms with Crippen molar-refractivity contribution in [3.05, 3.63) is 28.8 Å². The fraction of sp³-hybridized carbons (Fsp3) is 0.632. The number of nitrogens with zero attached hydrogens (tertiary/aromatic N) is 2. The average Bonchev–Trinajstić information content (AvgIpc) is 2.50. The van der Waals surface area contributed by atoms with Gasteiger partial charge in [0.25, 0.3) is 0 Å². The van der Waals surface area contributed by atoms with Gasteiger partial charge in [0.15, 0.2) is 0 Å². The number of hydrogen-bond acceptors (Lipinski definition) is 4. The Balaban J connectivity index is 1.94. The molecule has 1 aromatic carbocycles. The van der Waals surface area contributed by atoms with Crippen molar-refractivity contribution >= 4 is 5.91 Å². The lowest BCUT2D eigenvalue weighted by molar-refractivity contribution is -0.134. The van der Waals surface area contributed by atoms with Gasteiger partial charge in [0.1, 0.15) is 5.75 Å². The molecular formula is C19H31N3O2. The molecule has 5 heteroatoms.